The minimum Gasteiger partial charge on any atom is -0.493 e. The van der Waals surface area contributed by atoms with E-state index in [1.54, 1.807) is 24.3 Å². The molecule has 0 radical (unpaired) electrons. The number of ether oxygens (including phenoxy) is 3. The summed E-state index contributed by atoms with van der Waals surface area (Å²) in [5.74, 6) is -0.265. The van der Waals surface area contributed by atoms with Gasteiger partial charge in [-0.3, -0.25) is 0 Å². The zero-order chi connectivity index (χ0) is 16.5. The zero-order valence-electron chi connectivity index (χ0n) is 13.4. The summed E-state index contributed by atoms with van der Waals surface area (Å²) in [4.78, 5) is 23.4. The molecule has 0 saturated carbocycles. The Morgan fingerprint density at radius 1 is 1.09 bits per heavy atom. The van der Waals surface area contributed by atoms with Gasteiger partial charge in [-0.2, -0.15) is 0 Å². The van der Waals surface area contributed by atoms with Crippen molar-refractivity contribution in [2.45, 2.75) is 33.3 Å². The van der Waals surface area contributed by atoms with E-state index in [0.717, 1.165) is 18.6 Å². The first-order valence-corrected chi connectivity index (χ1v) is 7.21. The van der Waals surface area contributed by atoms with Crippen molar-refractivity contribution in [1.29, 1.82) is 0 Å². The SMILES string of the molecule is CCC(OC(=O)/C=C/C(=O)Oc1ccccc1OC)C(C)C. The molecule has 0 N–H and O–H groups in total. The van der Waals surface area contributed by atoms with Gasteiger partial charge in [0.1, 0.15) is 6.10 Å². The van der Waals surface area contributed by atoms with Crippen LogP contribution in [-0.2, 0) is 14.3 Å². The molecule has 0 aliphatic rings. The Morgan fingerprint density at radius 2 is 1.68 bits per heavy atom. The molecule has 0 bridgehead atoms. The summed E-state index contributed by atoms with van der Waals surface area (Å²) in [5, 5.41) is 0. The molecule has 0 amide bonds. The van der Waals surface area contributed by atoms with Crippen LogP contribution in [0.4, 0.5) is 0 Å². The van der Waals surface area contributed by atoms with Crippen LogP contribution in [0.5, 0.6) is 11.5 Å². The van der Waals surface area contributed by atoms with Crippen LogP contribution in [0, 0.1) is 5.92 Å². The van der Waals surface area contributed by atoms with Gasteiger partial charge in [0, 0.05) is 12.2 Å². The second-order valence-electron chi connectivity index (χ2n) is 5.03. The first-order chi connectivity index (χ1) is 10.5. The van der Waals surface area contributed by atoms with Crippen LogP contribution in [0.15, 0.2) is 36.4 Å². The fourth-order valence-corrected chi connectivity index (χ4v) is 1.86. The summed E-state index contributed by atoms with van der Waals surface area (Å²) in [6.07, 6.45) is 2.68. The molecule has 0 spiro atoms. The van der Waals surface area contributed by atoms with Gasteiger partial charge in [0.25, 0.3) is 0 Å². The van der Waals surface area contributed by atoms with E-state index in [1.165, 1.54) is 7.11 Å². The molecule has 1 unspecified atom stereocenters. The number of para-hydroxylation sites is 2. The lowest BCUT2D eigenvalue weighted by molar-refractivity contribution is -0.145. The predicted molar refractivity (Wildman–Crippen MR) is 82.8 cm³/mol. The maximum atomic E-state index is 11.7. The van der Waals surface area contributed by atoms with Crippen LogP contribution in [0.2, 0.25) is 0 Å². The van der Waals surface area contributed by atoms with Gasteiger partial charge in [-0.1, -0.05) is 32.9 Å². The van der Waals surface area contributed by atoms with Crippen molar-refractivity contribution in [3.05, 3.63) is 36.4 Å². The molecule has 1 atom stereocenters. The molecular weight excluding hydrogens is 284 g/mol. The van der Waals surface area contributed by atoms with Crippen molar-refractivity contribution in [3.8, 4) is 11.5 Å². The molecular formula is C17H22O5. The lowest BCUT2D eigenvalue weighted by Crippen LogP contribution is -2.22. The number of carbonyl (C=O) groups excluding carboxylic acids is 2. The first kappa shape index (κ1) is 17.8. The van der Waals surface area contributed by atoms with Gasteiger partial charge in [-0.25, -0.2) is 9.59 Å². The van der Waals surface area contributed by atoms with Crippen molar-refractivity contribution in [2.24, 2.45) is 5.92 Å². The van der Waals surface area contributed by atoms with Gasteiger partial charge < -0.3 is 14.2 Å². The number of carbonyl (C=O) groups is 2. The summed E-state index contributed by atoms with van der Waals surface area (Å²) in [6, 6.07) is 6.77. The highest BCUT2D eigenvalue weighted by atomic mass is 16.6. The van der Waals surface area contributed by atoms with Gasteiger partial charge in [0.15, 0.2) is 11.5 Å². The van der Waals surface area contributed by atoms with Crippen LogP contribution in [-0.4, -0.2) is 25.2 Å². The van der Waals surface area contributed by atoms with Gasteiger partial charge in [-0.05, 0) is 24.5 Å². The van der Waals surface area contributed by atoms with E-state index < -0.39 is 11.9 Å². The quantitative estimate of drug-likeness (QED) is 0.440. The summed E-state index contributed by atoms with van der Waals surface area (Å²) in [5.41, 5.74) is 0. The minimum absolute atomic E-state index is 0.164. The van der Waals surface area contributed by atoms with E-state index in [-0.39, 0.29) is 12.0 Å². The van der Waals surface area contributed by atoms with Gasteiger partial charge in [-0.15, -0.1) is 0 Å². The van der Waals surface area contributed by atoms with Crippen LogP contribution in [0.25, 0.3) is 0 Å². The van der Waals surface area contributed by atoms with Crippen molar-refractivity contribution < 1.29 is 23.8 Å². The maximum absolute atomic E-state index is 11.7. The summed E-state index contributed by atoms with van der Waals surface area (Å²) in [7, 11) is 1.48. The fourth-order valence-electron chi connectivity index (χ4n) is 1.86. The molecule has 1 aromatic carbocycles. The molecule has 0 aliphatic carbocycles. The standard InChI is InChI=1S/C17H22O5/c1-5-13(12(2)3)21-16(18)10-11-17(19)22-15-9-7-6-8-14(15)20-4/h6-13H,5H2,1-4H3/b11-10+. The highest BCUT2D eigenvalue weighted by molar-refractivity contribution is 5.92. The van der Waals surface area contributed by atoms with Crippen molar-refractivity contribution in [3.63, 3.8) is 0 Å². The average Bonchev–Trinajstić information content (AvgIpc) is 2.50. The Morgan fingerprint density at radius 3 is 2.23 bits per heavy atom. The topological polar surface area (TPSA) is 61.8 Å². The van der Waals surface area contributed by atoms with Crippen LogP contribution < -0.4 is 9.47 Å². The van der Waals surface area contributed by atoms with Gasteiger partial charge >= 0.3 is 11.9 Å². The highest BCUT2D eigenvalue weighted by Gasteiger charge is 2.15. The Labute approximate surface area is 130 Å². The van der Waals surface area contributed by atoms with Crippen molar-refractivity contribution in [1.82, 2.24) is 0 Å². The zero-order valence-corrected chi connectivity index (χ0v) is 13.4. The molecule has 0 heterocycles. The number of benzene rings is 1. The third-order valence-corrected chi connectivity index (χ3v) is 3.05. The second-order valence-corrected chi connectivity index (χ2v) is 5.03. The third-order valence-electron chi connectivity index (χ3n) is 3.05. The second kappa shape index (κ2) is 8.87. The Balaban J connectivity index is 2.59. The monoisotopic (exact) mass is 306 g/mol. The summed E-state index contributed by atoms with van der Waals surface area (Å²) >= 11 is 0. The van der Waals surface area contributed by atoms with Crippen LogP contribution >= 0.6 is 0 Å². The van der Waals surface area contributed by atoms with Crippen molar-refractivity contribution in [2.75, 3.05) is 7.11 Å². The summed E-state index contributed by atoms with van der Waals surface area (Å²) in [6.45, 7) is 5.89. The van der Waals surface area contributed by atoms with Gasteiger partial charge in [0.2, 0.25) is 0 Å². The normalized spacial score (nSPS) is 12.2. The molecule has 1 aromatic rings. The van der Waals surface area contributed by atoms with E-state index in [1.807, 2.05) is 20.8 Å². The van der Waals surface area contributed by atoms with E-state index in [0.29, 0.717) is 11.5 Å². The predicted octanol–water partition coefficient (Wildman–Crippen LogP) is 3.13. The molecule has 120 valence electrons. The molecule has 0 fully saturated rings. The van der Waals surface area contributed by atoms with E-state index >= 15 is 0 Å². The van der Waals surface area contributed by atoms with E-state index in [2.05, 4.69) is 0 Å². The fraction of sp³-hybridized carbons (Fsp3) is 0.412. The first-order valence-electron chi connectivity index (χ1n) is 7.21. The Bertz CT molecular complexity index is 534. The number of esters is 2. The average molecular weight is 306 g/mol. The Hall–Kier alpha value is -2.30. The number of methoxy groups -OCH3 is 1. The third kappa shape index (κ3) is 5.60. The Kier molecular flexibility index (Phi) is 7.16. The molecule has 5 nitrogen and oxygen atoms in total. The van der Waals surface area contributed by atoms with E-state index in [4.69, 9.17) is 14.2 Å². The molecule has 5 heteroatoms. The van der Waals surface area contributed by atoms with E-state index in [9.17, 15) is 9.59 Å². The molecule has 1 rings (SSSR count). The largest absolute Gasteiger partial charge is 0.493 e. The maximum Gasteiger partial charge on any atom is 0.336 e. The summed E-state index contributed by atoms with van der Waals surface area (Å²) < 4.78 is 15.4. The van der Waals surface area contributed by atoms with Gasteiger partial charge in [0.05, 0.1) is 7.11 Å². The van der Waals surface area contributed by atoms with Crippen LogP contribution in [0.1, 0.15) is 27.2 Å². The molecule has 0 aromatic heterocycles. The van der Waals surface area contributed by atoms with Crippen molar-refractivity contribution >= 4 is 11.9 Å². The number of hydrogen-bond acceptors (Lipinski definition) is 5. The lowest BCUT2D eigenvalue weighted by Gasteiger charge is -2.18. The smallest absolute Gasteiger partial charge is 0.336 e. The molecule has 22 heavy (non-hydrogen) atoms. The number of hydrogen-bond donors (Lipinski definition) is 0. The number of rotatable bonds is 7. The minimum atomic E-state index is -0.668. The molecule has 0 aliphatic heterocycles. The lowest BCUT2D eigenvalue weighted by atomic mass is 10.1. The molecule has 0 saturated heterocycles. The highest BCUT2D eigenvalue weighted by Crippen LogP contribution is 2.25. The van der Waals surface area contributed by atoms with Crippen LogP contribution in [0.3, 0.4) is 0 Å².